The zero-order chi connectivity index (χ0) is 12.3. The van der Waals surface area contributed by atoms with Crippen molar-refractivity contribution in [2.75, 3.05) is 0 Å². The van der Waals surface area contributed by atoms with E-state index in [-0.39, 0.29) is 0 Å². The Morgan fingerprint density at radius 1 is 0.588 bits per heavy atom. The van der Waals surface area contributed by atoms with Gasteiger partial charge in [0.25, 0.3) is 0 Å². The average Bonchev–Trinajstić information content (AvgIpc) is 2.43. The summed E-state index contributed by atoms with van der Waals surface area (Å²) in [5.41, 5.74) is 0. The van der Waals surface area contributed by atoms with Crippen molar-refractivity contribution >= 4 is 7.28 Å². The fourth-order valence-electron chi connectivity index (χ4n) is 4.07. The maximum absolute atomic E-state index is 2.76. The molecule has 3 unspecified atom stereocenters. The summed E-state index contributed by atoms with van der Waals surface area (Å²) in [5, 5.41) is 0. The molecule has 0 aromatic heterocycles. The van der Waals surface area contributed by atoms with Crippen LogP contribution in [-0.4, -0.2) is 7.28 Å². The van der Waals surface area contributed by atoms with Gasteiger partial charge in [-0.2, -0.15) is 0 Å². The number of rotatable bonds is 2. The molecule has 0 saturated heterocycles. The molecule has 17 heavy (non-hydrogen) atoms. The fourth-order valence-corrected chi connectivity index (χ4v) is 4.07. The van der Waals surface area contributed by atoms with Gasteiger partial charge in [-0.05, 0) is 24.2 Å². The van der Waals surface area contributed by atoms with E-state index in [1.54, 1.807) is 0 Å². The summed E-state index contributed by atoms with van der Waals surface area (Å²) in [6.07, 6.45) is 11.8. The minimum atomic E-state index is 0.938. The first-order valence-electron chi connectivity index (χ1n) is 7.98. The molecule has 2 aliphatic carbocycles. The van der Waals surface area contributed by atoms with Crippen molar-refractivity contribution < 1.29 is 0 Å². The molecule has 2 saturated carbocycles. The van der Waals surface area contributed by atoms with Gasteiger partial charge in [-0.1, -0.05) is 77.4 Å². The third-order valence-corrected chi connectivity index (χ3v) is 5.14. The lowest BCUT2D eigenvalue weighted by Crippen LogP contribution is -2.17. The fraction of sp³-hybridized carbons (Fsp3) is 1.00. The zero-order valence-corrected chi connectivity index (χ0v) is 12.1. The first-order valence-corrected chi connectivity index (χ1v) is 7.98. The predicted molar refractivity (Wildman–Crippen MR) is 77.7 cm³/mol. The zero-order valence-electron chi connectivity index (χ0n) is 12.1. The first kappa shape index (κ1) is 13.5. The van der Waals surface area contributed by atoms with Gasteiger partial charge in [-0.25, -0.2) is 0 Å². The van der Waals surface area contributed by atoms with Gasteiger partial charge in [0, 0.05) is 0 Å². The molecule has 1 radical (unpaired) electrons. The van der Waals surface area contributed by atoms with E-state index in [0.717, 1.165) is 29.4 Å². The van der Waals surface area contributed by atoms with Gasteiger partial charge in [-0.15, -0.1) is 0 Å². The van der Waals surface area contributed by atoms with Crippen LogP contribution in [0.3, 0.4) is 0 Å². The van der Waals surface area contributed by atoms with Crippen LogP contribution in [0, 0.1) is 17.8 Å². The minimum absolute atomic E-state index is 0.938. The Balaban J connectivity index is 1.77. The maximum atomic E-state index is 2.76. The molecule has 0 nitrogen and oxygen atoms in total. The molecule has 0 aromatic rings. The van der Waals surface area contributed by atoms with E-state index in [2.05, 4.69) is 28.1 Å². The molecule has 2 fully saturated rings. The van der Waals surface area contributed by atoms with Gasteiger partial charge < -0.3 is 0 Å². The summed E-state index contributed by atoms with van der Waals surface area (Å²) in [4.78, 5) is 0. The molecule has 0 bridgehead atoms. The average molecular weight is 233 g/mol. The molecule has 0 aliphatic heterocycles. The van der Waals surface area contributed by atoms with Crippen molar-refractivity contribution in [2.24, 2.45) is 17.8 Å². The Labute approximate surface area is 109 Å². The highest BCUT2D eigenvalue weighted by molar-refractivity contribution is 6.39. The highest BCUT2D eigenvalue weighted by atomic mass is 14.2. The Hall–Kier alpha value is 0.0649. The summed E-state index contributed by atoms with van der Waals surface area (Å²) in [6, 6.07) is 0. The molecule has 0 N–H and O–H groups in total. The second-order valence-corrected chi connectivity index (χ2v) is 7.23. The standard InChI is InChI=1S/C16H30B/c1-12-4-7-15(8-5-12)17-16-9-6-13(2)10-14(3)11-16/h12-16H,4-11H2,1-3H3. The third-order valence-electron chi connectivity index (χ3n) is 5.14. The van der Waals surface area contributed by atoms with E-state index >= 15 is 0 Å². The molecule has 2 rings (SSSR count). The molecule has 97 valence electrons. The van der Waals surface area contributed by atoms with Crippen molar-refractivity contribution in [1.82, 2.24) is 0 Å². The molecule has 0 aromatic carbocycles. The van der Waals surface area contributed by atoms with Crippen LogP contribution in [0.2, 0.25) is 11.6 Å². The van der Waals surface area contributed by atoms with Gasteiger partial charge in [0.1, 0.15) is 7.28 Å². The van der Waals surface area contributed by atoms with Gasteiger partial charge in [0.05, 0.1) is 0 Å². The molecule has 0 amide bonds. The summed E-state index contributed by atoms with van der Waals surface area (Å²) >= 11 is 0. The maximum Gasteiger partial charge on any atom is 0.117 e. The molecule has 1 heteroatoms. The molecular formula is C16H30B. The van der Waals surface area contributed by atoms with E-state index in [4.69, 9.17) is 0 Å². The summed E-state index contributed by atoms with van der Waals surface area (Å²) in [6.45, 7) is 7.33. The summed E-state index contributed by atoms with van der Waals surface area (Å²) < 4.78 is 0. The van der Waals surface area contributed by atoms with E-state index < -0.39 is 0 Å². The van der Waals surface area contributed by atoms with Gasteiger partial charge in [0.2, 0.25) is 0 Å². The molecule has 0 heterocycles. The van der Waals surface area contributed by atoms with Crippen LogP contribution in [0.5, 0.6) is 0 Å². The molecule has 2 aliphatic rings. The summed E-state index contributed by atoms with van der Waals surface area (Å²) in [5.74, 6) is 4.81. The monoisotopic (exact) mass is 233 g/mol. The van der Waals surface area contributed by atoms with Crippen molar-refractivity contribution in [3.63, 3.8) is 0 Å². The van der Waals surface area contributed by atoms with E-state index in [1.165, 1.54) is 51.4 Å². The normalized spacial score (nSPS) is 44.1. The highest BCUT2D eigenvalue weighted by Crippen LogP contribution is 2.39. The van der Waals surface area contributed by atoms with E-state index in [0.29, 0.717) is 0 Å². The van der Waals surface area contributed by atoms with Crippen LogP contribution >= 0.6 is 0 Å². The van der Waals surface area contributed by atoms with Crippen LogP contribution in [0.25, 0.3) is 0 Å². The Morgan fingerprint density at radius 2 is 1.18 bits per heavy atom. The van der Waals surface area contributed by atoms with Crippen molar-refractivity contribution in [1.29, 1.82) is 0 Å². The SMILES string of the molecule is CC1CCC([B]C2CCC(C)CC(C)C2)CC1. The van der Waals surface area contributed by atoms with Gasteiger partial charge in [-0.3, -0.25) is 0 Å². The molecular weight excluding hydrogens is 203 g/mol. The number of hydrogen-bond donors (Lipinski definition) is 0. The van der Waals surface area contributed by atoms with Crippen LogP contribution in [0.4, 0.5) is 0 Å². The summed E-state index contributed by atoms with van der Waals surface area (Å²) in [7, 11) is 2.76. The second-order valence-electron chi connectivity index (χ2n) is 7.23. The Bertz CT molecular complexity index is 218. The van der Waals surface area contributed by atoms with Crippen molar-refractivity contribution in [3.8, 4) is 0 Å². The Morgan fingerprint density at radius 3 is 1.88 bits per heavy atom. The van der Waals surface area contributed by atoms with Gasteiger partial charge >= 0.3 is 0 Å². The smallest absolute Gasteiger partial charge is 0.0686 e. The van der Waals surface area contributed by atoms with Gasteiger partial charge in [0.15, 0.2) is 0 Å². The van der Waals surface area contributed by atoms with Crippen molar-refractivity contribution in [2.45, 2.75) is 83.8 Å². The van der Waals surface area contributed by atoms with Crippen molar-refractivity contribution in [3.05, 3.63) is 0 Å². The van der Waals surface area contributed by atoms with Crippen LogP contribution in [0.15, 0.2) is 0 Å². The lowest BCUT2D eigenvalue weighted by molar-refractivity contribution is 0.380. The molecule has 3 atom stereocenters. The highest BCUT2D eigenvalue weighted by Gasteiger charge is 2.26. The third kappa shape index (κ3) is 4.34. The Kier molecular flexibility index (Phi) is 5.00. The van der Waals surface area contributed by atoms with E-state index in [9.17, 15) is 0 Å². The van der Waals surface area contributed by atoms with E-state index in [1.807, 2.05) is 0 Å². The van der Waals surface area contributed by atoms with Crippen LogP contribution < -0.4 is 0 Å². The number of hydrogen-bond acceptors (Lipinski definition) is 0. The second kappa shape index (κ2) is 6.30. The quantitative estimate of drug-likeness (QED) is 0.447. The van der Waals surface area contributed by atoms with Crippen LogP contribution in [-0.2, 0) is 0 Å². The van der Waals surface area contributed by atoms with Crippen LogP contribution in [0.1, 0.15) is 72.1 Å². The molecule has 0 spiro atoms. The minimum Gasteiger partial charge on any atom is -0.0686 e. The lowest BCUT2D eigenvalue weighted by Gasteiger charge is -2.29. The largest absolute Gasteiger partial charge is 0.117 e. The lowest BCUT2D eigenvalue weighted by atomic mass is 9.49. The first-order chi connectivity index (χ1) is 8.13. The topological polar surface area (TPSA) is 0 Å². The predicted octanol–water partition coefficient (Wildman–Crippen LogP) is 5.32.